The highest BCUT2D eigenvalue weighted by atomic mass is 32.2. The molecule has 5 aliphatic rings. The van der Waals surface area contributed by atoms with Crippen LogP contribution in [0.3, 0.4) is 0 Å². The number of thioether (sulfide) groups is 1. The van der Waals surface area contributed by atoms with Crippen LogP contribution in [0.2, 0.25) is 0 Å². The van der Waals surface area contributed by atoms with Crippen molar-refractivity contribution in [3.63, 3.8) is 0 Å². The van der Waals surface area contributed by atoms with Gasteiger partial charge in [0.25, 0.3) is 0 Å². The van der Waals surface area contributed by atoms with Gasteiger partial charge in [-0.25, -0.2) is 9.78 Å². The molecule has 4 aliphatic carbocycles. The number of carbonyl (C=O) groups excluding carboxylic acids is 1. The average molecular weight is 680 g/mol. The van der Waals surface area contributed by atoms with E-state index in [9.17, 15) is 9.90 Å². The minimum Gasteiger partial charge on any atom is -0.392 e. The molecule has 0 unspecified atom stereocenters. The Bertz CT molecular complexity index is 1700. The van der Waals surface area contributed by atoms with E-state index in [4.69, 9.17) is 9.47 Å². The molecule has 3 aromatic carbocycles. The molecule has 9 rings (SSSR count). The summed E-state index contributed by atoms with van der Waals surface area (Å²) in [7, 11) is 0. The summed E-state index contributed by atoms with van der Waals surface area (Å²) in [6.45, 7) is 2.62. The van der Waals surface area contributed by atoms with E-state index in [0.29, 0.717) is 12.3 Å². The van der Waals surface area contributed by atoms with Gasteiger partial charge in [-0.1, -0.05) is 91.5 Å². The first-order valence-electron chi connectivity index (χ1n) is 17.7. The lowest BCUT2D eigenvalue weighted by molar-refractivity contribution is -0.268. The largest absolute Gasteiger partial charge is 0.392 e. The molecule has 256 valence electrons. The second kappa shape index (κ2) is 13.9. The number of aliphatic hydroxyl groups excluding tert-OH is 1. The van der Waals surface area contributed by atoms with Crippen LogP contribution in [0.4, 0.5) is 4.79 Å². The first kappa shape index (κ1) is 32.5. The van der Waals surface area contributed by atoms with Crippen molar-refractivity contribution in [3.8, 4) is 11.1 Å². The van der Waals surface area contributed by atoms with Crippen molar-refractivity contribution >= 4 is 17.8 Å². The van der Waals surface area contributed by atoms with E-state index in [2.05, 4.69) is 69.1 Å². The van der Waals surface area contributed by atoms with Crippen molar-refractivity contribution in [2.24, 2.45) is 23.7 Å². The van der Waals surface area contributed by atoms with Gasteiger partial charge >= 0.3 is 6.03 Å². The third kappa shape index (κ3) is 7.01. The predicted molar refractivity (Wildman–Crippen MR) is 188 cm³/mol. The molecule has 0 radical (unpaired) electrons. The van der Waals surface area contributed by atoms with E-state index in [-0.39, 0.29) is 36.3 Å². The summed E-state index contributed by atoms with van der Waals surface area (Å²) in [4.78, 5) is 17.5. The van der Waals surface area contributed by atoms with Gasteiger partial charge < -0.3 is 25.2 Å². The molecule has 49 heavy (non-hydrogen) atoms. The quantitative estimate of drug-likeness (QED) is 0.130. The molecule has 2 amide bonds. The third-order valence-electron chi connectivity index (χ3n) is 11.3. The summed E-state index contributed by atoms with van der Waals surface area (Å²) in [5, 5.41) is 23.9. The number of carbonyl (C=O) groups is 1. The van der Waals surface area contributed by atoms with E-state index in [1.165, 1.54) is 25.6 Å². The summed E-state index contributed by atoms with van der Waals surface area (Å²) in [6, 6.07) is 24.6. The number of aromatic amines is 1. The Kier molecular flexibility index (Phi) is 9.22. The van der Waals surface area contributed by atoms with Gasteiger partial charge in [0.1, 0.15) is 6.33 Å². The molecule has 0 spiro atoms. The minimum absolute atomic E-state index is 0.00409. The molecule has 4 atom stereocenters. The third-order valence-corrected chi connectivity index (χ3v) is 12.2. The Morgan fingerprint density at radius 3 is 2.31 bits per heavy atom. The van der Waals surface area contributed by atoms with Crippen molar-refractivity contribution in [3.05, 3.63) is 101 Å². The molecular weight excluding hydrogens is 635 g/mol. The van der Waals surface area contributed by atoms with Crippen LogP contribution in [0, 0.1) is 23.7 Å². The number of amides is 2. The van der Waals surface area contributed by atoms with E-state index in [1.807, 2.05) is 36.4 Å². The number of aromatic nitrogens is 3. The summed E-state index contributed by atoms with van der Waals surface area (Å²) in [5.41, 5.74) is 6.08. The van der Waals surface area contributed by atoms with Crippen LogP contribution in [0.1, 0.15) is 80.1 Å². The lowest BCUT2D eigenvalue weighted by atomic mass is 9.53. The molecule has 9 nitrogen and oxygen atoms in total. The number of hydrogen-bond acceptors (Lipinski definition) is 7. The Morgan fingerprint density at radius 2 is 1.63 bits per heavy atom. The van der Waals surface area contributed by atoms with E-state index in [1.54, 1.807) is 11.8 Å². The topological polar surface area (TPSA) is 121 Å². The highest BCUT2D eigenvalue weighted by Crippen LogP contribution is 2.55. The number of urea groups is 1. The number of ether oxygens (including phenoxy) is 2. The fraction of sp³-hybridized carbons (Fsp3) is 0.462. The summed E-state index contributed by atoms with van der Waals surface area (Å²) >= 11 is 1.58. The molecule has 1 aromatic heterocycles. The Morgan fingerprint density at radius 1 is 0.939 bits per heavy atom. The van der Waals surface area contributed by atoms with Gasteiger partial charge in [0, 0.05) is 29.3 Å². The number of benzene rings is 3. The number of H-pyrrole nitrogens is 1. The smallest absolute Gasteiger partial charge is 0.315 e. The maximum atomic E-state index is 13.2. The summed E-state index contributed by atoms with van der Waals surface area (Å²) in [5.74, 6) is 3.13. The van der Waals surface area contributed by atoms with Crippen molar-refractivity contribution in [1.29, 1.82) is 0 Å². The number of rotatable bonds is 10. The van der Waals surface area contributed by atoms with Gasteiger partial charge in [-0.2, -0.15) is 5.10 Å². The Hall–Kier alpha value is -3.70. The second-order valence-corrected chi connectivity index (χ2v) is 15.7. The molecule has 4 N–H and O–H groups in total. The van der Waals surface area contributed by atoms with Crippen LogP contribution in [0.25, 0.3) is 11.1 Å². The zero-order valence-electron chi connectivity index (χ0n) is 27.9. The van der Waals surface area contributed by atoms with Crippen LogP contribution >= 0.6 is 11.8 Å². The first-order valence-corrected chi connectivity index (χ1v) is 18.7. The molecule has 10 heteroatoms. The first-order chi connectivity index (χ1) is 23.9. The molecule has 4 aromatic rings. The van der Waals surface area contributed by atoms with Gasteiger partial charge in [-0.05, 0) is 84.1 Å². The fourth-order valence-electron chi connectivity index (χ4n) is 9.23. The number of nitrogens with one attached hydrogen (secondary N) is 3. The van der Waals surface area contributed by atoms with E-state index in [0.717, 1.165) is 75.6 Å². The van der Waals surface area contributed by atoms with E-state index < -0.39 is 6.29 Å². The number of hydrogen-bond donors (Lipinski definition) is 4. The van der Waals surface area contributed by atoms with Crippen LogP contribution in [-0.4, -0.2) is 43.7 Å². The monoisotopic (exact) mass is 679 g/mol. The second-order valence-electron chi connectivity index (χ2n) is 14.7. The van der Waals surface area contributed by atoms with Gasteiger partial charge in [-0.15, -0.1) is 0 Å². The van der Waals surface area contributed by atoms with Crippen molar-refractivity contribution < 1.29 is 19.4 Å². The van der Waals surface area contributed by atoms with Crippen molar-refractivity contribution in [2.75, 3.05) is 5.75 Å². The standard InChI is InChI=1S/C39H45N5O4S/c1-24-34(22-49-38-41-23-42-44-38)47-36(48-35(24)30-8-6-25(21-45)7-9-30)31-12-10-29(11-13-31)33-5-3-2-4-32(33)20-40-37(46)43-39-17-26-14-27(18-39)16-28(15-26)19-39/h2-13,23-24,26-28,34-36,45H,14-22H2,1H3,(H2,40,43,46)(H,41,42,44)/t24-,26?,27?,28?,34+,35+,36+,39?/m0/s1. The zero-order valence-corrected chi connectivity index (χ0v) is 28.7. The Labute approximate surface area is 292 Å². The Balaban J connectivity index is 0.960. The molecule has 2 heterocycles. The van der Waals surface area contributed by atoms with E-state index >= 15 is 0 Å². The highest BCUT2D eigenvalue weighted by Gasteiger charge is 2.51. The summed E-state index contributed by atoms with van der Waals surface area (Å²) < 4.78 is 13.3. The normalized spacial score (nSPS) is 30.3. The average Bonchev–Trinajstić information content (AvgIpc) is 3.64. The minimum atomic E-state index is -0.557. The molecular formula is C39H45N5O4S. The molecule has 4 bridgehead atoms. The van der Waals surface area contributed by atoms with Gasteiger partial charge in [0.2, 0.25) is 0 Å². The fourth-order valence-corrected chi connectivity index (χ4v) is 10.2. The predicted octanol–water partition coefficient (Wildman–Crippen LogP) is 7.32. The lowest BCUT2D eigenvalue weighted by Crippen LogP contribution is -2.61. The maximum absolute atomic E-state index is 13.2. The van der Waals surface area contributed by atoms with Crippen molar-refractivity contribution in [2.45, 2.75) is 87.8 Å². The highest BCUT2D eigenvalue weighted by molar-refractivity contribution is 7.99. The van der Waals surface area contributed by atoms with Gasteiger partial charge in [0.15, 0.2) is 11.4 Å². The zero-order chi connectivity index (χ0) is 33.4. The van der Waals surface area contributed by atoms with Gasteiger partial charge in [-0.3, -0.25) is 5.10 Å². The maximum Gasteiger partial charge on any atom is 0.315 e. The molecule has 4 saturated carbocycles. The van der Waals surface area contributed by atoms with Crippen molar-refractivity contribution in [1.82, 2.24) is 25.8 Å². The molecule has 1 aliphatic heterocycles. The van der Waals surface area contributed by atoms with Crippen LogP contribution in [-0.2, 0) is 22.6 Å². The van der Waals surface area contributed by atoms with Crippen LogP contribution in [0.15, 0.2) is 84.3 Å². The number of aliphatic hydroxyl groups is 1. The summed E-state index contributed by atoms with van der Waals surface area (Å²) in [6.07, 6.45) is 8.15. The molecule has 5 fully saturated rings. The SMILES string of the molecule is C[C@H]1[C@@H](CSc2ncn[nH]2)O[C@@H](c2ccc(-c3ccccc3CNC(=O)NC34CC5CC(CC(C5)C3)C4)cc2)O[C@H]1c1ccc(CO)cc1. The van der Waals surface area contributed by atoms with Crippen LogP contribution < -0.4 is 10.6 Å². The lowest BCUT2D eigenvalue weighted by Gasteiger charge is -2.56. The number of nitrogens with zero attached hydrogens (tertiary/aromatic N) is 2. The molecule has 1 saturated heterocycles. The van der Waals surface area contributed by atoms with Gasteiger partial charge in [0.05, 0.1) is 18.8 Å². The van der Waals surface area contributed by atoms with Crippen LogP contribution in [0.5, 0.6) is 0 Å².